The van der Waals surface area contributed by atoms with Crippen molar-refractivity contribution in [2.75, 3.05) is 19.6 Å². The highest BCUT2D eigenvalue weighted by Crippen LogP contribution is 2.34. The van der Waals surface area contributed by atoms with Crippen LogP contribution in [0, 0.1) is 11.8 Å². The summed E-state index contributed by atoms with van der Waals surface area (Å²) < 4.78 is 0. The van der Waals surface area contributed by atoms with E-state index in [9.17, 15) is 9.59 Å². The van der Waals surface area contributed by atoms with Crippen molar-refractivity contribution < 1.29 is 14.7 Å². The van der Waals surface area contributed by atoms with E-state index in [0.717, 1.165) is 19.0 Å². The number of nitrogens with one attached hydrogen (secondary N) is 1. The van der Waals surface area contributed by atoms with E-state index >= 15 is 0 Å². The fourth-order valence-electron chi connectivity index (χ4n) is 2.97. The Morgan fingerprint density at radius 3 is 2.39 bits per heavy atom. The minimum absolute atomic E-state index is 0.00830. The van der Waals surface area contributed by atoms with Crippen molar-refractivity contribution in [3.8, 4) is 0 Å². The molecular weight excluding hydrogens is 232 g/mol. The van der Waals surface area contributed by atoms with Crippen LogP contribution >= 0.6 is 0 Å². The molecule has 2 amide bonds. The van der Waals surface area contributed by atoms with Crippen LogP contribution in [-0.4, -0.2) is 41.6 Å². The number of carboxylic acids is 1. The molecule has 0 unspecified atom stereocenters. The highest BCUT2D eigenvalue weighted by Gasteiger charge is 2.36. The summed E-state index contributed by atoms with van der Waals surface area (Å²) in [6.07, 6.45) is 6.67. The molecule has 102 valence electrons. The van der Waals surface area contributed by atoms with Crippen molar-refractivity contribution in [3.63, 3.8) is 0 Å². The number of carboxylic acid groups (broad SMARTS) is 1. The lowest BCUT2D eigenvalue weighted by Crippen LogP contribution is -2.56. The number of carbonyl (C=O) groups excluding carboxylic acids is 1. The second-order valence-electron chi connectivity index (χ2n) is 5.44. The van der Waals surface area contributed by atoms with Crippen molar-refractivity contribution in [2.45, 2.75) is 38.5 Å². The molecule has 0 radical (unpaired) electrons. The van der Waals surface area contributed by atoms with Crippen molar-refractivity contribution in [3.05, 3.63) is 0 Å². The minimum Gasteiger partial charge on any atom is -0.481 e. The molecule has 1 saturated heterocycles. The van der Waals surface area contributed by atoms with Gasteiger partial charge in [-0.3, -0.25) is 4.79 Å². The Morgan fingerprint density at radius 2 is 1.78 bits per heavy atom. The number of rotatable bonds is 4. The third-order valence-electron chi connectivity index (χ3n) is 4.13. The first-order valence-electron chi connectivity index (χ1n) is 6.91. The average Bonchev–Trinajstić information content (AvgIpc) is 2.28. The fraction of sp³-hybridized carbons (Fsp3) is 0.846. The molecule has 1 heterocycles. The summed E-state index contributed by atoms with van der Waals surface area (Å²) in [6.45, 7) is 1.92. The number of urea groups is 1. The standard InChI is InChI=1S/C13H22N2O3/c16-12(17)6-7-14-13(18)15-8-11(9-15)10-4-2-1-3-5-10/h10-11H,1-9H2,(H,14,18)(H,16,17). The van der Waals surface area contributed by atoms with Gasteiger partial charge >= 0.3 is 12.0 Å². The van der Waals surface area contributed by atoms with Crippen LogP contribution < -0.4 is 5.32 Å². The number of hydrogen-bond acceptors (Lipinski definition) is 2. The van der Waals surface area contributed by atoms with E-state index in [4.69, 9.17) is 5.11 Å². The van der Waals surface area contributed by atoms with E-state index in [0.29, 0.717) is 5.92 Å². The van der Waals surface area contributed by atoms with Crippen LogP contribution in [0.5, 0.6) is 0 Å². The van der Waals surface area contributed by atoms with Gasteiger partial charge in [-0.2, -0.15) is 0 Å². The van der Waals surface area contributed by atoms with Crippen molar-refractivity contribution >= 4 is 12.0 Å². The largest absolute Gasteiger partial charge is 0.481 e. The lowest BCUT2D eigenvalue weighted by atomic mass is 9.76. The van der Waals surface area contributed by atoms with E-state index in [-0.39, 0.29) is 19.0 Å². The molecule has 0 bridgehead atoms. The number of aliphatic carboxylic acids is 1. The first-order valence-corrected chi connectivity index (χ1v) is 6.91. The van der Waals surface area contributed by atoms with Crippen LogP contribution in [0.1, 0.15) is 38.5 Å². The summed E-state index contributed by atoms with van der Waals surface area (Å²) in [4.78, 5) is 23.8. The maximum atomic E-state index is 11.7. The topological polar surface area (TPSA) is 69.6 Å². The van der Waals surface area contributed by atoms with E-state index < -0.39 is 5.97 Å². The number of amides is 2. The van der Waals surface area contributed by atoms with Gasteiger partial charge in [0, 0.05) is 19.6 Å². The summed E-state index contributed by atoms with van der Waals surface area (Å²) >= 11 is 0. The van der Waals surface area contributed by atoms with Crippen LogP contribution in [0.25, 0.3) is 0 Å². The summed E-state index contributed by atoms with van der Waals surface area (Å²) in [5, 5.41) is 11.1. The summed E-state index contributed by atoms with van der Waals surface area (Å²) in [7, 11) is 0. The molecule has 0 aromatic rings. The van der Waals surface area contributed by atoms with Gasteiger partial charge < -0.3 is 15.3 Å². The molecule has 5 nitrogen and oxygen atoms in total. The molecule has 2 aliphatic rings. The number of carbonyl (C=O) groups is 2. The van der Waals surface area contributed by atoms with Gasteiger partial charge in [0.2, 0.25) is 0 Å². The van der Waals surface area contributed by atoms with E-state index in [2.05, 4.69) is 5.32 Å². The highest BCUT2D eigenvalue weighted by molar-refractivity contribution is 5.76. The van der Waals surface area contributed by atoms with Gasteiger partial charge in [-0.05, 0) is 11.8 Å². The predicted octanol–water partition coefficient (Wildman–Crippen LogP) is 1.68. The van der Waals surface area contributed by atoms with Crippen molar-refractivity contribution in [1.29, 1.82) is 0 Å². The lowest BCUT2D eigenvalue weighted by molar-refractivity contribution is -0.136. The Hall–Kier alpha value is -1.26. The molecule has 1 aliphatic carbocycles. The van der Waals surface area contributed by atoms with E-state index in [1.54, 1.807) is 4.90 Å². The zero-order valence-corrected chi connectivity index (χ0v) is 10.7. The molecule has 2 rings (SSSR count). The highest BCUT2D eigenvalue weighted by atomic mass is 16.4. The summed E-state index contributed by atoms with van der Waals surface area (Å²) in [5.74, 6) is 0.608. The van der Waals surface area contributed by atoms with Crippen LogP contribution in [0.15, 0.2) is 0 Å². The Balaban J connectivity index is 1.62. The van der Waals surface area contributed by atoms with Gasteiger partial charge in [-0.25, -0.2) is 4.79 Å². The number of likely N-dealkylation sites (tertiary alicyclic amines) is 1. The van der Waals surface area contributed by atoms with Gasteiger partial charge in [0.15, 0.2) is 0 Å². The lowest BCUT2D eigenvalue weighted by Gasteiger charge is -2.44. The maximum absolute atomic E-state index is 11.7. The molecule has 5 heteroatoms. The summed E-state index contributed by atoms with van der Waals surface area (Å²) in [5.41, 5.74) is 0. The monoisotopic (exact) mass is 254 g/mol. The SMILES string of the molecule is O=C(O)CCNC(=O)N1CC(C2CCCCC2)C1. The third kappa shape index (κ3) is 3.37. The van der Waals surface area contributed by atoms with Gasteiger partial charge in [-0.15, -0.1) is 0 Å². The third-order valence-corrected chi connectivity index (χ3v) is 4.13. The molecule has 2 N–H and O–H groups in total. The molecule has 0 atom stereocenters. The summed E-state index contributed by atoms with van der Waals surface area (Å²) in [6, 6.07) is -0.108. The smallest absolute Gasteiger partial charge is 0.317 e. The maximum Gasteiger partial charge on any atom is 0.317 e. The molecule has 0 aromatic heterocycles. The Morgan fingerprint density at radius 1 is 1.11 bits per heavy atom. The molecule has 1 saturated carbocycles. The predicted molar refractivity (Wildman–Crippen MR) is 67.3 cm³/mol. The number of nitrogens with zero attached hydrogens (tertiary/aromatic N) is 1. The molecule has 2 fully saturated rings. The molecule has 0 spiro atoms. The first-order chi connectivity index (χ1) is 8.66. The van der Waals surface area contributed by atoms with Crippen molar-refractivity contribution in [1.82, 2.24) is 10.2 Å². The second-order valence-corrected chi connectivity index (χ2v) is 5.44. The Labute approximate surface area is 108 Å². The molecular formula is C13H22N2O3. The van der Waals surface area contributed by atoms with E-state index in [1.807, 2.05) is 0 Å². The van der Waals surface area contributed by atoms with Gasteiger partial charge in [-0.1, -0.05) is 32.1 Å². The second kappa shape index (κ2) is 6.07. The molecule has 18 heavy (non-hydrogen) atoms. The van der Waals surface area contributed by atoms with E-state index in [1.165, 1.54) is 32.1 Å². The first kappa shape index (κ1) is 13.2. The zero-order valence-electron chi connectivity index (χ0n) is 10.7. The van der Waals surface area contributed by atoms with Gasteiger partial charge in [0.05, 0.1) is 6.42 Å². The van der Waals surface area contributed by atoms with Crippen LogP contribution in [0.2, 0.25) is 0 Å². The quantitative estimate of drug-likeness (QED) is 0.802. The fourth-order valence-corrected chi connectivity index (χ4v) is 2.97. The Bertz CT molecular complexity index is 307. The molecule has 1 aliphatic heterocycles. The molecule has 0 aromatic carbocycles. The van der Waals surface area contributed by atoms with Crippen molar-refractivity contribution in [2.24, 2.45) is 11.8 Å². The van der Waals surface area contributed by atoms with Crippen LogP contribution in [-0.2, 0) is 4.79 Å². The van der Waals surface area contributed by atoms with Gasteiger partial charge in [0.1, 0.15) is 0 Å². The van der Waals surface area contributed by atoms with Gasteiger partial charge in [0.25, 0.3) is 0 Å². The normalized spacial score (nSPS) is 21.4. The van der Waals surface area contributed by atoms with Crippen LogP contribution in [0.4, 0.5) is 4.79 Å². The van der Waals surface area contributed by atoms with Crippen LogP contribution in [0.3, 0.4) is 0 Å². The Kier molecular flexibility index (Phi) is 4.44. The zero-order chi connectivity index (χ0) is 13.0. The minimum atomic E-state index is -0.876. The average molecular weight is 254 g/mol. The number of hydrogen-bond donors (Lipinski definition) is 2.